The van der Waals surface area contributed by atoms with Crippen molar-refractivity contribution in [3.8, 4) is 0 Å². The van der Waals surface area contributed by atoms with Gasteiger partial charge in [-0.1, -0.05) is 11.2 Å². The molecule has 7 heteroatoms. The van der Waals surface area contributed by atoms with Crippen molar-refractivity contribution in [2.75, 3.05) is 6.54 Å². The molecule has 1 aromatic heterocycles. The van der Waals surface area contributed by atoms with Crippen molar-refractivity contribution in [1.82, 2.24) is 15.4 Å². The van der Waals surface area contributed by atoms with Crippen LogP contribution >= 0.6 is 0 Å². The summed E-state index contributed by atoms with van der Waals surface area (Å²) in [4.78, 5) is 14.4. The third-order valence-electron chi connectivity index (χ3n) is 4.37. The van der Waals surface area contributed by atoms with E-state index >= 15 is 0 Å². The van der Waals surface area contributed by atoms with Gasteiger partial charge < -0.3 is 9.84 Å². The number of hydrogen-bond donors (Lipinski definition) is 1. The van der Waals surface area contributed by atoms with E-state index in [9.17, 15) is 13.6 Å². The van der Waals surface area contributed by atoms with Gasteiger partial charge in [0, 0.05) is 18.7 Å². The molecule has 2 aromatic rings. The Morgan fingerprint density at radius 3 is 2.75 bits per heavy atom. The Bertz CT molecular complexity index is 719. The summed E-state index contributed by atoms with van der Waals surface area (Å²) in [6.07, 6.45) is 2.04. The van der Waals surface area contributed by atoms with Gasteiger partial charge in [-0.15, -0.1) is 0 Å². The summed E-state index contributed by atoms with van der Waals surface area (Å²) in [5.74, 6) is -2.10. The van der Waals surface area contributed by atoms with Gasteiger partial charge in [-0.2, -0.15) is 0 Å². The molecule has 1 fully saturated rings. The molecule has 1 amide bonds. The first-order valence-electron chi connectivity index (χ1n) is 7.89. The summed E-state index contributed by atoms with van der Waals surface area (Å²) in [7, 11) is 0. The second kappa shape index (κ2) is 6.68. The molecule has 1 N–H and O–H groups in total. The Kier molecular flexibility index (Phi) is 4.62. The third kappa shape index (κ3) is 3.17. The van der Waals surface area contributed by atoms with Crippen LogP contribution in [-0.4, -0.2) is 34.6 Å². The van der Waals surface area contributed by atoms with E-state index < -0.39 is 11.6 Å². The van der Waals surface area contributed by atoms with Gasteiger partial charge in [0.25, 0.3) is 5.91 Å². The maximum atomic E-state index is 13.7. The van der Waals surface area contributed by atoms with E-state index in [4.69, 9.17) is 0 Å². The Balaban J connectivity index is 1.87. The van der Waals surface area contributed by atoms with E-state index in [0.29, 0.717) is 12.0 Å². The average Bonchev–Trinajstić information content (AvgIpc) is 3.19. The first-order valence-corrected chi connectivity index (χ1v) is 7.89. The van der Waals surface area contributed by atoms with Gasteiger partial charge in [-0.3, -0.25) is 9.69 Å². The van der Waals surface area contributed by atoms with Gasteiger partial charge in [0.05, 0.1) is 12.1 Å². The summed E-state index contributed by atoms with van der Waals surface area (Å²) in [6.45, 7) is 4.83. The number of carbonyl (C=O) groups excluding carboxylic acids is 1. The van der Waals surface area contributed by atoms with Crippen LogP contribution in [0, 0.1) is 11.6 Å². The molecule has 128 valence electrons. The van der Waals surface area contributed by atoms with Crippen LogP contribution in [0.1, 0.15) is 42.4 Å². The zero-order chi connectivity index (χ0) is 17.3. The molecule has 2 atom stereocenters. The lowest BCUT2D eigenvalue weighted by Crippen LogP contribution is -2.41. The van der Waals surface area contributed by atoms with Crippen molar-refractivity contribution in [3.05, 3.63) is 53.4 Å². The number of likely N-dealkylation sites (tertiary alicyclic amines) is 1. The smallest absolute Gasteiger partial charge is 0.273 e. The minimum Gasteiger partial charge on any atom is -0.364 e. The van der Waals surface area contributed by atoms with Gasteiger partial charge in [-0.25, -0.2) is 8.78 Å². The predicted molar refractivity (Wildman–Crippen MR) is 83.3 cm³/mol. The van der Waals surface area contributed by atoms with Crippen LogP contribution in [0.15, 0.2) is 35.1 Å². The fourth-order valence-electron chi connectivity index (χ4n) is 3.24. The average molecular weight is 335 g/mol. The molecular weight excluding hydrogens is 316 g/mol. The molecule has 1 aromatic carbocycles. The number of hydrogen-bond acceptors (Lipinski definition) is 4. The number of nitrogens with zero attached hydrogens (tertiary/aromatic N) is 2. The lowest BCUT2D eigenvalue weighted by Gasteiger charge is -2.31. The first-order chi connectivity index (χ1) is 11.5. The highest BCUT2D eigenvalue weighted by molar-refractivity contribution is 5.92. The normalized spacial score (nSPS) is 21.4. The van der Waals surface area contributed by atoms with E-state index in [0.717, 1.165) is 12.6 Å². The zero-order valence-electron chi connectivity index (χ0n) is 13.5. The van der Waals surface area contributed by atoms with Crippen LogP contribution in [0.5, 0.6) is 0 Å². The maximum Gasteiger partial charge on any atom is 0.273 e. The monoisotopic (exact) mass is 335 g/mol. The van der Waals surface area contributed by atoms with Crippen LogP contribution in [0.3, 0.4) is 0 Å². The lowest BCUT2D eigenvalue weighted by atomic mass is 9.99. The van der Waals surface area contributed by atoms with Crippen LogP contribution in [-0.2, 0) is 0 Å². The van der Waals surface area contributed by atoms with Crippen molar-refractivity contribution in [1.29, 1.82) is 0 Å². The van der Waals surface area contributed by atoms with Gasteiger partial charge in [0.2, 0.25) is 0 Å². The fraction of sp³-hybridized carbons (Fsp3) is 0.412. The van der Waals surface area contributed by atoms with Crippen molar-refractivity contribution in [2.45, 2.75) is 38.4 Å². The summed E-state index contributed by atoms with van der Waals surface area (Å²) in [6, 6.07) is 5.14. The highest BCUT2D eigenvalue weighted by atomic mass is 19.2. The molecular formula is C17H19F2N3O2. The molecule has 1 saturated heterocycles. The summed E-state index contributed by atoms with van der Waals surface area (Å²) < 4.78 is 31.6. The molecule has 3 rings (SSSR count). The lowest BCUT2D eigenvalue weighted by molar-refractivity contribution is 0.0910. The first kappa shape index (κ1) is 16.6. The Hall–Kier alpha value is -2.28. The molecule has 0 unspecified atom stereocenters. The molecule has 2 heterocycles. The van der Waals surface area contributed by atoms with Gasteiger partial charge >= 0.3 is 0 Å². The quantitative estimate of drug-likeness (QED) is 0.933. The van der Waals surface area contributed by atoms with Crippen LogP contribution in [0.25, 0.3) is 0 Å². The standard InChI is InChI=1S/C17H19F2N3O2/c1-10(2)22-7-5-14(20-17(23)15-6-8-24-21-15)16(22)11-3-4-12(18)13(19)9-11/h3-4,6,8-10,14,16H,5,7H2,1-2H3,(H,20,23)/t14-,16-/m1/s1. The number of nitrogens with one attached hydrogen (secondary N) is 1. The van der Waals surface area contributed by atoms with Crippen molar-refractivity contribution in [2.24, 2.45) is 0 Å². The maximum absolute atomic E-state index is 13.7. The summed E-state index contributed by atoms with van der Waals surface area (Å²) >= 11 is 0. The second-order valence-electron chi connectivity index (χ2n) is 6.20. The molecule has 5 nitrogen and oxygen atoms in total. The van der Waals surface area contributed by atoms with Crippen LogP contribution in [0.4, 0.5) is 8.78 Å². The molecule has 1 aliphatic rings. The van der Waals surface area contributed by atoms with Gasteiger partial charge in [0.15, 0.2) is 17.3 Å². The Morgan fingerprint density at radius 1 is 1.33 bits per heavy atom. The number of benzene rings is 1. The Morgan fingerprint density at radius 2 is 2.12 bits per heavy atom. The number of aromatic nitrogens is 1. The topological polar surface area (TPSA) is 58.4 Å². The molecule has 0 saturated carbocycles. The highest BCUT2D eigenvalue weighted by Crippen LogP contribution is 2.34. The largest absolute Gasteiger partial charge is 0.364 e. The molecule has 0 radical (unpaired) electrons. The SMILES string of the molecule is CC(C)N1CC[C@@H](NC(=O)c2ccon2)[C@H]1c1ccc(F)c(F)c1. The summed E-state index contributed by atoms with van der Waals surface area (Å²) in [5.41, 5.74) is 0.840. The van der Waals surface area contributed by atoms with Crippen molar-refractivity contribution < 1.29 is 18.1 Å². The predicted octanol–water partition coefficient (Wildman–Crippen LogP) is 2.91. The number of rotatable bonds is 4. The van der Waals surface area contributed by atoms with E-state index in [1.807, 2.05) is 13.8 Å². The van der Waals surface area contributed by atoms with Gasteiger partial charge in [-0.05, 0) is 38.0 Å². The second-order valence-corrected chi connectivity index (χ2v) is 6.20. The van der Waals surface area contributed by atoms with Crippen LogP contribution in [0.2, 0.25) is 0 Å². The minimum absolute atomic E-state index is 0.196. The number of carbonyl (C=O) groups is 1. The summed E-state index contributed by atoms with van der Waals surface area (Å²) in [5, 5.41) is 6.56. The fourth-order valence-corrected chi connectivity index (χ4v) is 3.24. The van der Waals surface area contributed by atoms with E-state index in [2.05, 4.69) is 19.9 Å². The number of amides is 1. The molecule has 0 bridgehead atoms. The molecule has 0 aliphatic carbocycles. The molecule has 0 spiro atoms. The zero-order valence-corrected chi connectivity index (χ0v) is 13.5. The third-order valence-corrected chi connectivity index (χ3v) is 4.37. The van der Waals surface area contributed by atoms with E-state index in [-0.39, 0.29) is 29.7 Å². The Labute approximate surface area is 138 Å². The van der Waals surface area contributed by atoms with Crippen LogP contribution < -0.4 is 5.32 Å². The van der Waals surface area contributed by atoms with Crippen molar-refractivity contribution in [3.63, 3.8) is 0 Å². The minimum atomic E-state index is -0.885. The van der Waals surface area contributed by atoms with Gasteiger partial charge in [0.1, 0.15) is 6.26 Å². The molecule has 1 aliphatic heterocycles. The highest BCUT2D eigenvalue weighted by Gasteiger charge is 2.38. The number of halogens is 2. The van der Waals surface area contributed by atoms with E-state index in [1.54, 1.807) is 6.07 Å². The van der Waals surface area contributed by atoms with Crippen molar-refractivity contribution >= 4 is 5.91 Å². The molecule has 24 heavy (non-hydrogen) atoms. The van der Waals surface area contributed by atoms with E-state index in [1.165, 1.54) is 18.4 Å².